The first-order valence-electron chi connectivity index (χ1n) is 7.14. The largest absolute Gasteiger partial charge is 0.468 e. The Morgan fingerprint density at radius 1 is 1.32 bits per heavy atom. The first-order valence-corrected chi connectivity index (χ1v) is 9.70. The summed E-state index contributed by atoms with van der Waals surface area (Å²) in [5.74, 6) is -0.0227. The number of carbonyl (C=O) groups is 1. The summed E-state index contributed by atoms with van der Waals surface area (Å²) in [6.45, 7) is 0. The number of hydrogen-bond acceptors (Lipinski definition) is 6. The molecule has 0 atom stereocenters. The van der Waals surface area contributed by atoms with Gasteiger partial charge >= 0.3 is 5.97 Å². The van der Waals surface area contributed by atoms with Crippen molar-refractivity contribution in [2.24, 2.45) is 4.99 Å². The average molecular weight is 411 g/mol. The maximum absolute atomic E-state index is 11.2. The minimum atomic E-state index is -0.269. The predicted octanol–water partition coefficient (Wildman–Crippen LogP) is 5.62. The minimum Gasteiger partial charge on any atom is -0.468 e. The number of ether oxygens (including phenoxy) is 1. The van der Waals surface area contributed by atoms with Crippen LogP contribution in [0.3, 0.4) is 0 Å². The van der Waals surface area contributed by atoms with E-state index in [4.69, 9.17) is 23.2 Å². The number of thioether (sulfide) groups is 1. The molecule has 0 saturated carbocycles. The van der Waals surface area contributed by atoms with Gasteiger partial charge in [0.1, 0.15) is 0 Å². The molecule has 0 saturated heterocycles. The second-order valence-electron chi connectivity index (χ2n) is 4.92. The molecule has 0 fully saturated rings. The van der Waals surface area contributed by atoms with E-state index in [1.807, 2.05) is 24.3 Å². The zero-order valence-electron chi connectivity index (χ0n) is 13.0. The SMILES string of the molecule is COC(=O)CSc1nc2ccc(N=Cc3ccc(Cl)cc3Cl)cc2s1. The fourth-order valence-corrected chi connectivity index (χ4v) is 4.36. The normalized spacial score (nSPS) is 11.3. The van der Waals surface area contributed by atoms with Crippen LogP contribution in [0.1, 0.15) is 5.56 Å². The number of methoxy groups -OCH3 is 1. The van der Waals surface area contributed by atoms with Crippen LogP contribution in [0.25, 0.3) is 10.2 Å². The van der Waals surface area contributed by atoms with Gasteiger partial charge in [0.15, 0.2) is 4.34 Å². The Morgan fingerprint density at radius 2 is 2.16 bits per heavy atom. The molecule has 25 heavy (non-hydrogen) atoms. The average Bonchev–Trinajstić information content (AvgIpc) is 3.01. The van der Waals surface area contributed by atoms with Crippen molar-refractivity contribution in [2.75, 3.05) is 12.9 Å². The Bertz CT molecular complexity index is 957. The van der Waals surface area contributed by atoms with Crippen molar-refractivity contribution in [3.8, 4) is 0 Å². The monoisotopic (exact) mass is 410 g/mol. The van der Waals surface area contributed by atoms with Crippen molar-refractivity contribution in [3.05, 3.63) is 52.0 Å². The predicted molar refractivity (Wildman–Crippen MR) is 106 cm³/mol. The third-order valence-corrected chi connectivity index (χ3v) is 5.91. The molecule has 128 valence electrons. The maximum atomic E-state index is 11.2. The third-order valence-electron chi connectivity index (χ3n) is 3.21. The lowest BCUT2D eigenvalue weighted by Gasteiger charge is -1.98. The number of fused-ring (bicyclic) bond motifs is 1. The minimum absolute atomic E-state index is 0.246. The number of aliphatic imine (C=N–C) groups is 1. The van der Waals surface area contributed by atoms with Gasteiger partial charge in [0.25, 0.3) is 0 Å². The van der Waals surface area contributed by atoms with Crippen LogP contribution in [0.15, 0.2) is 45.7 Å². The second kappa shape index (κ2) is 8.19. The maximum Gasteiger partial charge on any atom is 0.316 e. The van der Waals surface area contributed by atoms with Gasteiger partial charge in [-0.2, -0.15) is 0 Å². The molecule has 3 aromatic rings. The summed E-state index contributed by atoms with van der Waals surface area (Å²) in [4.78, 5) is 20.2. The molecule has 0 unspecified atom stereocenters. The van der Waals surface area contributed by atoms with Crippen molar-refractivity contribution >= 4 is 74.4 Å². The number of aromatic nitrogens is 1. The Balaban J connectivity index is 1.78. The number of thiazole rings is 1. The van der Waals surface area contributed by atoms with Gasteiger partial charge in [-0.05, 0) is 30.3 Å². The highest BCUT2D eigenvalue weighted by Crippen LogP contribution is 2.32. The number of benzene rings is 2. The van der Waals surface area contributed by atoms with E-state index in [-0.39, 0.29) is 11.7 Å². The third kappa shape index (κ3) is 4.73. The van der Waals surface area contributed by atoms with Gasteiger partial charge < -0.3 is 4.74 Å². The lowest BCUT2D eigenvalue weighted by atomic mass is 10.2. The van der Waals surface area contributed by atoms with E-state index in [1.54, 1.807) is 18.3 Å². The molecule has 0 bridgehead atoms. The zero-order valence-corrected chi connectivity index (χ0v) is 16.2. The molecule has 1 heterocycles. The van der Waals surface area contributed by atoms with Crippen molar-refractivity contribution < 1.29 is 9.53 Å². The lowest BCUT2D eigenvalue weighted by molar-refractivity contribution is -0.137. The van der Waals surface area contributed by atoms with Gasteiger partial charge in [-0.3, -0.25) is 9.79 Å². The van der Waals surface area contributed by atoms with E-state index in [9.17, 15) is 4.79 Å². The number of rotatable bonds is 5. The van der Waals surface area contributed by atoms with Crippen molar-refractivity contribution in [1.82, 2.24) is 4.98 Å². The lowest BCUT2D eigenvalue weighted by Crippen LogP contribution is -2.02. The number of carbonyl (C=O) groups excluding carboxylic acids is 1. The fourth-order valence-electron chi connectivity index (χ4n) is 1.96. The van der Waals surface area contributed by atoms with E-state index >= 15 is 0 Å². The topological polar surface area (TPSA) is 51.5 Å². The quantitative estimate of drug-likeness (QED) is 0.311. The molecule has 3 rings (SSSR count). The molecule has 0 aliphatic carbocycles. The van der Waals surface area contributed by atoms with E-state index in [0.29, 0.717) is 10.0 Å². The molecule has 0 spiro atoms. The van der Waals surface area contributed by atoms with Gasteiger partial charge in [-0.25, -0.2) is 4.98 Å². The van der Waals surface area contributed by atoms with E-state index < -0.39 is 0 Å². The first kappa shape index (κ1) is 18.2. The van der Waals surface area contributed by atoms with Gasteiger partial charge in [0, 0.05) is 16.8 Å². The number of hydrogen-bond donors (Lipinski definition) is 0. The van der Waals surface area contributed by atoms with Crippen molar-refractivity contribution in [2.45, 2.75) is 4.34 Å². The van der Waals surface area contributed by atoms with Crippen LogP contribution >= 0.6 is 46.3 Å². The Hall–Kier alpha value is -1.60. The van der Waals surface area contributed by atoms with Crippen LogP contribution in [0.2, 0.25) is 10.0 Å². The number of esters is 1. The summed E-state index contributed by atoms with van der Waals surface area (Å²) in [5, 5.41) is 1.14. The molecule has 8 heteroatoms. The van der Waals surface area contributed by atoms with Gasteiger partial charge in [0.2, 0.25) is 0 Å². The van der Waals surface area contributed by atoms with Crippen LogP contribution in [-0.4, -0.2) is 30.0 Å². The summed E-state index contributed by atoms with van der Waals surface area (Å²) in [6.07, 6.45) is 1.70. The molecule has 0 N–H and O–H groups in total. The summed E-state index contributed by atoms with van der Waals surface area (Å²) in [7, 11) is 1.37. The van der Waals surface area contributed by atoms with E-state index in [2.05, 4.69) is 14.7 Å². The smallest absolute Gasteiger partial charge is 0.316 e. The Morgan fingerprint density at radius 3 is 2.92 bits per heavy atom. The highest BCUT2D eigenvalue weighted by atomic mass is 35.5. The molecule has 0 aliphatic heterocycles. The van der Waals surface area contributed by atoms with Gasteiger partial charge in [-0.1, -0.05) is 41.0 Å². The highest BCUT2D eigenvalue weighted by Gasteiger charge is 2.08. The molecule has 4 nitrogen and oxygen atoms in total. The van der Waals surface area contributed by atoms with Crippen LogP contribution in [0.4, 0.5) is 5.69 Å². The van der Waals surface area contributed by atoms with Crippen molar-refractivity contribution in [1.29, 1.82) is 0 Å². The standard InChI is InChI=1S/C17H12Cl2N2O2S2/c1-23-16(22)9-24-17-21-14-5-4-12(7-15(14)25-17)20-8-10-2-3-11(18)6-13(10)19/h2-8H,9H2,1H3. The number of halogens is 2. The summed E-state index contributed by atoms with van der Waals surface area (Å²) in [5.41, 5.74) is 2.47. The summed E-state index contributed by atoms with van der Waals surface area (Å²) >= 11 is 14.9. The van der Waals surface area contributed by atoms with Crippen LogP contribution in [0.5, 0.6) is 0 Å². The van der Waals surface area contributed by atoms with Gasteiger partial charge in [0.05, 0.1) is 33.8 Å². The number of nitrogens with zero attached hydrogens (tertiary/aromatic N) is 2. The van der Waals surface area contributed by atoms with Gasteiger partial charge in [-0.15, -0.1) is 11.3 Å². The molecule has 1 aromatic heterocycles. The molecule has 0 radical (unpaired) electrons. The summed E-state index contributed by atoms with van der Waals surface area (Å²) in [6, 6.07) is 11.0. The first-order chi connectivity index (χ1) is 12.0. The molecule has 0 aliphatic rings. The van der Waals surface area contributed by atoms with E-state index in [0.717, 1.165) is 25.8 Å². The molecule has 2 aromatic carbocycles. The van der Waals surface area contributed by atoms with Crippen LogP contribution in [-0.2, 0) is 9.53 Å². The molecule has 0 amide bonds. The van der Waals surface area contributed by atoms with Crippen LogP contribution in [0, 0.1) is 0 Å². The molecular formula is C17H12Cl2N2O2S2. The zero-order chi connectivity index (χ0) is 17.8. The fraction of sp³-hybridized carbons (Fsp3) is 0.118. The Labute approximate surface area is 162 Å². The van der Waals surface area contributed by atoms with Crippen LogP contribution < -0.4 is 0 Å². The van der Waals surface area contributed by atoms with E-state index in [1.165, 1.54) is 30.2 Å². The second-order valence-corrected chi connectivity index (χ2v) is 8.02. The molecular weight excluding hydrogens is 399 g/mol. The highest BCUT2D eigenvalue weighted by molar-refractivity contribution is 8.01. The van der Waals surface area contributed by atoms with Crippen molar-refractivity contribution in [3.63, 3.8) is 0 Å². The summed E-state index contributed by atoms with van der Waals surface area (Å²) < 4.78 is 6.46. The Kier molecular flexibility index (Phi) is 5.96.